The van der Waals surface area contributed by atoms with Gasteiger partial charge in [0, 0.05) is 34.5 Å². The Kier molecular flexibility index (Phi) is 6.76. The number of carbonyl (C=O) groups is 2. The molecule has 3 aromatic carbocycles. The fourth-order valence-electron chi connectivity index (χ4n) is 2.71. The van der Waals surface area contributed by atoms with E-state index in [4.69, 9.17) is 4.74 Å². The summed E-state index contributed by atoms with van der Waals surface area (Å²) in [6.07, 6.45) is 1.27. The molecule has 10 nitrogen and oxygen atoms in total. The molecule has 0 unspecified atom stereocenters. The monoisotopic (exact) mass is 434 g/mol. The van der Waals surface area contributed by atoms with E-state index < -0.39 is 16.7 Å². The van der Waals surface area contributed by atoms with E-state index in [-0.39, 0.29) is 28.3 Å². The maximum Gasteiger partial charge on any atom is 0.271 e. The number of nitro benzene ring substituents is 1. The van der Waals surface area contributed by atoms with Crippen molar-refractivity contribution in [2.24, 2.45) is 5.10 Å². The molecule has 0 fully saturated rings. The molecule has 0 atom stereocenters. The van der Waals surface area contributed by atoms with Crippen LogP contribution in [-0.2, 0) is 0 Å². The zero-order valence-corrected chi connectivity index (χ0v) is 16.8. The molecule has 2 amide bonds. The molecule has 3 rings (SSSR count). The Labute approximate surface area is 182 Å². The standard InChI is InChI=1S/C22H18N4O6/c1-32-19-7-3-5-16(20(19)27)13-23-25-22(29)15-4-2-6-17(12-15)24-21(28)14-8-10-18(11-9-14)26(30)31/h2-13,27H,1H3,(H,24,28)(H,25,29)/b23-13+. The number of aromatic hydroxyl groups is 1. The lowest BCUT2D eigenvalue weighted by atomic mass is 10.1. The van der Waals surface area contributed by atoms with Crippen LogP contribution in [0.4, 0.5) is 11.4 Å². The van der Waals surface area contributed by atoms with Crippen molar-refractivity contribution >= 4 is 29.4 Å². The number of methoxy groups -OCH3 is 1. The first-order chi connectivity index (χ1) is 15.4. The Balaban J connectivity index is 1.65. The number of amides is 2. The van der Waals surface area contributed by atoms with Crippen molar-refractivity contribution in [3.8, 4) is 11.5 Å². The van der Waals surface area contributed by atoms with Gasteiger partial charge >= 0.3 is 0 Å². The van der Waals surface area contributed by atoms with Gasteiger partial charge in [0.05, 0.1) is 18.2 Å². The second kappa shape index (κ2) is 9.85. The average molecular weight is 434 g/mol. The normalized spacial score (nSPS) is 10.5. The van der Waals surface area contributed by atoms with E-state index in [1.807, 2.05) is 0 Å². The molecule has 0 aromatic heterocycles. The van der Waals surface area contributed by atoms with E-state index in [2.05, 4.69) is 15.8 Å². The highest BCUT2D eigenvalue weighted by molar-refractivity contribution is 6.05. The van der Waals surface area contributed by atoms with Gasteiger partial charge in [0.1, 0.15) is 0 Å². The van der Waals surface area contributed by atoms with Crippen LogP contribution in [0.3, 0.4) is 0 Å². The summed E-state index contributed by atoms with van der Waals surface area (Å²) in [7, 11) is 1.42. The number of non-ortho nitro benzene ring substituents is 1. The number of hydrazone groups is 1. The van der Waals surface area contributed by atoms with Gasteiger partial charge in [-0.25, -0.2) is 5.43 Å². The Morgan fingerprint density at radius 2 is 1.75 bits per heavy atom. The van der Waals surface area contributed by atoms with Gasteiger partial charge in [0.15, 0.2) is 11.5 Å². The molecule has 0 heterocycles. The number of carbonyl (C=O) groups excluding carboxylic acids is 2. The molecule has 0 aliphatic carbocycles. The predicted molar refractivity (Wildman–Crippen MR) is 117 cm³/mol. The highest BCUT2D eigenvalue weighted by Gasteiger charge is 2.11. The predicted octanol–water partition coefficient (Wildman–Crippen LogP) is 3.33. The van der Waals surface area contributed by atoms with Gasteiger partial charge in [0.25, 0.3) is 17.5 Å². The molecule has 162 valence electrons. The molecule has 32 heavy (non-hydrogen) atoms. The first-order valence-electron chi connectivity index (χ1n) is 9.24. The number of benzene rings is 3. The van der Waals surface area contributed by atoms with Gasteiger partial charge in [-0.1, -0.05) is 12.1 Å². The summed E-state index contributed by atoms with van der Waals surface area (Å²) in [5.74, 6) is -0.847. The van der Waals surface area contributed by atoms with Crippen LogP contribution in [0.2, 0.25) is 0 Å². The van der Waals surface area contributed by atoms with Crippen LogP contribution in [0.1, 0.15) is 26.3 Å². The summed E-state index contributed by atoms with van der Waals surface area (Å²) in [6, 6.07) is 16.2. The number of para-hydroxylation sites is 1. The highest BCUT2D eigenvalue weighted by Crippen LogP contribution is 2.27. The van der Waals surface area contributed by atoms with Gasteiger partial charge in [-0.3, -0.25) is 19.7 Å². The van der Waals surface area contributed by atoms with Crippen LogP contribution in [0.5, 0.6) is 11.5 Å². The number of rotatable bonds is 7. The fourth-order valence-corrected chi connectivity index (χ4v) is 2.71. The average Bonchev–Trinajstić information content (AvgIpc) is 2.80. The molecular formula is C22H18N4O6. The summed E-state index contributed by atoms with van der Waals surface area (Å²) >= 11 is 0. The van der Waals surface area contributed by atoms with Crippen molar-refractivity contribution in [3.63, 3.8) is 0 Å². The molecule has 10 heteroatoms. The van der Waals surface area contributed by atoms with Crippen LogP contribution in [0, 0.1) is 10.1 Å². The molecule has 0 saturated carbocycles. The Morgan fingerprint density at radius 1 is 1.03 bits per heavy atom. The summed E-state index contributed by atoms with van der Waals surface area (Å²) in [4.78, 5) is 34.9. The topological polar surface area (TPSA) is 143 Å². The second-order valence-corrected chi connectivity index (χ2v) is 6.44. The van der Waals surface area contributed by atoms with Crippen molar-refractivity contribution in [3.05, 3.63) is 93.5 Å². The molecule has 0 radical (unpaired) electrons. The zero-order valence-electron chi connectivity index (χ0n) is 16.8. The summed E-state index contributed by atoms with van der Waals surface area (Å²) in [5, 5.41) is 27.2. The number of ether oxygens (including phenoxy) is 1. The minimum atomic E-state index is -0.554. The van der Waals surface area contributed by atoms with E-state index in [0.29, 0.717) is 11.3 Å². The third-order valence-corrected chi connectivity index (χ3v) is 4.34. The van der Waals surface area contributed by atoms with Gasteiger partial charge < -0.3 is 15.2 Å². The minimum Gasteiger partial charge on any atom is -0.504 e. The van der Waals surface area contributed by atoms with E-state index in [9.17, 15) is 24.8 Å². The van der Waals surface area contributed by atoms with Crippen LogP contribution < -0.4 is 15.5 Å². The molecule has 0 bridgehead atoms. The maximum atomic E-state index is 12.4. The quantitative estimate of drug-likeness (QED) is 0.296. The number of phenols is 1. The summed E-state index contributed by atoms with van der Waals surface area (Å²) in [6.45, 7) is 0. The minimum absolute atomic E-state index is 0.107. The van der Waals surface area contributed by atoms with Crippen LogP contribution >= 0.6 is 0 Å². The van der Waals surface area contributed by atoms with E-state index in [1.54, 1.807) is 30.3 Å². The number of nitrogens with one attached hydrogen (secondary N) is 2. The number of hydrogen-bond donors (Lipinski definition) is 3. The number of phenolic OH excluding ortho intramolecular Hbond substituents is 1. The first kappa shape index (κ1) is 22.0. The lowest BCUT2D eigenvalue weighted by Crippen LogP contribution is -2.18. The highest BCUT2D eigenvalue weighted by atomic mass is 16.6. The van der Waals surface area contributed by atoms with Gasteiger partial charge in [-0.15, -0.1) is 0 Å². The Morgan fingerprint density at radius 3 is 2.44 bits per heavy atom. The van der Waals surface area contributed by atoms with E-state index in [0.717, 1.165) is 0 Å². The van der Waals surface area contributed by atoms with Gasteiger partial charge in [-0.05, 0) is 42.5 Å². The lowest BCUT2D eigenvalue weighted by Gasteiger charge is -2.07. The molecular weight excluding hydrogens is 416 g/mol. The van der Waals surface area contributed by atoms with Crippen LogP contribution in [0.25, 0.3) is 0 Å². The van der Waals surface area contributed by atoms with Gasteiger partial charge in [0.2, 0.25) is 0 Å². The Hall–Kier alpha value is -4.73. The number of nitrogens with zero attached hydrogens (tertiary/aromatic N) is 2. The number of hydrogen-bond acceptors (Lipinski definition) is 7. The van der Waals surface area contributed by atoms with Crippen LogP contribution in [-0.4, -0.2) is 35.2 Å². The van der Waals surface area contributed by atoms with Crippen molar-refractivity contribution in [2.75, 3.05) is 12.4 Å². The van der Waals surface area contributed by atoms with E-state index in [1.165, 1.54) is 49.7 Å². The largest absolute Gasteiger partial charge is 0.504 e. The lowest BCUT2D eigenvalue weighted by molar-refractivity contribution is -0.384. The number of nitro groups is 1. The van der Waals surface area contributed by atoms with Gasteiger partial charge in [-0.2, -0.15) is 5.10 Å². The maximum absolute atomic E-state index is 12.4. The smallest absolute Gasteiger partial charge is 0.271 e. The summed E-state index contributed by atoms with van der Waals surface area (Å²) in [5.41, 5.74) is 3.40. The molecule has 3 N–H and O–H groups in total. The molecule has 3 aromatic rings. The number of anilines is 1. The van der Waals surface area contributed by atoms with Crippen molar-refractivity contribution in [2.45, 2.75) is 0 Å². The fraction of sp³-hybridized carbons (Fsp3) is 0.0455. The second-order valence-electron chi connectivity index (χ2n) is 6.44. The van der Waals surface area contributed by atoms with Crippen molar-refractivity contribution in [1.29, 1.82) is 0 Å². The molecule has 0 spiro atoms. The van der Waals surface area contributed by atoms with Crippen LogP contribution in [0.15, 0.2) is 71.8 Å². The molecule has 0 aliphatic rings. The van der Waals surface area contributed by atoms with Crippen molar-refractivity contribution in [1.82, 2.24) is 5.43 Å². The first-order valence-corrected chi connectivity index (χ1v) is 9.24. The van der Waals surface area contributed by atoms with E-state index >= 15 is 0 Å². The molecule has 0 aliphatic heterocycles. The zero-order chi connectivity index (χ0) is 23.1. The summed E-state index contributed by atoms with van der Waals surface area (Å²) < 4.78 is 5.01. The van der Waals surface area contributed by atoms with Crippen molar-refractivity contribution < 1.29 is 24.4 Å². The SMILES string of the molecule is COc1cccc(/C=N/NC(=O)c2cccc(NC(=O)c3ccc([N+](=O)[O-])cc3)c2)c1O. The molecule has 0 saturated heterocycles. The Bertz CT molecular complexity index is 1190. The third-order valence-electron chi connectivity index (χ3n) is 4.34. The third kappa shape index (κ3) is 5.25.